The molecule has 0 spiro atoms. The first-order chi connectivity index (χ1) is 34.2. The molecule has 0 N–H and O–H groups in total. The molecule has 69 heavy (non-hydrogen) atoms. The Morgan fingerprint density at radius 2 is 0.710 bits per heavy atom. The lowest BCUT2D eigenvalue weighted by molar-refractivity contribution is 1.14. The van der Waals surface area contributed by atoms with Crippen LogP contribution in [0.2, 0.25) is 0 Å². The van der Waals surface area contributed by atoms with E-state index < -0.39 is 10.0 Å². The molecule has 13 rings (SSSR count). The van der Waals surface area contributed by atoms with Gasteiger partial charge in [-0.05, 0) is 99.2 Å². The number of benzene rings is 10. The van der Waals surface area contributed by atoms with E-state index in [9.17, 15) is 0 Å². The van der Waals surface area contributed by atoms with Crippen molar-refractivity contribution in [1.29, 1.82) is 0 Å². The minimum Gasteiger partial charge on any atom is -0.309 e. The van der Waals surface area contributed by atoms with Gasteiger partial charge >= 0.3 is 0 Å². The van der Waals surface area contributed by atoms with E-state index in [1.165, 1.54) is 46.6 Å². The van der Waals surface area contributed by atoms with E-state index in [-0.39, 0.29) is 0 Å². The third-order valence-electron chi connectivity index (χ3n) is 13.2. The highest BCUT2D eigenvalue weighted by atomic mass is 32.3. The summed E-state index contributed by atoms with van der Waals surface area (Å²) >= 11 is 0. The third kappa shape index (κ3) is 6.89. The van der Waals surface area contributed by atoms with E-state index in [0.29, 0.717) is 5.82 Å². The topological polar surface area (TPSA) is 35.6 Å². The van der Waals surface area contributed by atoms with E-state index in [2.05, 4.69) is 264 Å². The number of hydrogen-bond donors (Lipinski definition) is 0. The molecule has 0 saturated carbocycles. The monoisotopic (exact) mass is 918 g/mol. The first-order valence-corrected chi connectivity index (χ1v) is 25.8. The lowest BCUT2D eigenvalue weighted by Gasteiger charge is -2.42. The molecule has 10 aromatic carbocycles. The predicted molar refractivity (Wildman–Crippen MR) is 290 cm³/mol. The summed E-state index contributed by atoms with van der Waals surface area (Å²) in [6.07, 6.45) is 0. The van der Waals surface area contributed by atoms with Crippen molar-refractivity contribution in [3.8, 4) is 44.7 Å². The Hall–Kier alpha value is -8.34. The minimum atomic E-state index is -2.13. The summed E-state index contributed by atoms with van der Waals surface area (Å²) < 4.78 is 4.92. The molecule has 0 radical (unpaired) electrons. The molecular formula is C63H43N4PS. The zero-order valence-corrected chi connectivity index (χ0v) is 39.2. The summed E-state index contributed by atoms with van der Waals surface area (Å²) in [5, 5.41) is 4.88. The van der Waals surface area contributed by atoms with E-state index in [0.717, 1.165) is 63.7 Å². The second-order valence-electron chi connectivity index (χ2n) is 17.2. The average Bonchev–Trinajstić information content (AvgIpc) is 3.94. The maximum atomic E-state index is 5.53. The van der Waals surface area contributed by atoms with Gasteiger partial charge in [0.05, 0.1) is 22.1 Å². The van der Waals surface area contributed by atoms with Crippen LogP contribution in [0.3, 0.4) is 0 Å². The molecule has 3 heterocycles. The fourth-order valence-electron chi connectivity index (χ4n) is 10.2. The highest BCUT2D eigenvalue weighted by Crippen LogP contribution is 2.74. The summed E-state index contributed by atoms with van der Waals surface area (Å²) in [6, 6.07) is 94.9. The summed E-state index contributed by atoms with van der Waals surface area (Å²) in [6.45, 7) is 0. The minimum absolute atomic E-state index is 0.705. The summed E-state index contributed by atoms with van der Waals surface area (Å²) in [7, 11) is -1.21. The van der Waals surface area contributed by atoms with Crippen molar-refractivity contribution >= 4 is 61.8 Å². The number of fused-ring (bicyclic) bond motifs is 6. The average molecular weight is 919 g/mol. The van der Waals surface area contributed by atoms with Crippen LogP contribution in [0, 0.1) is 0 Å². The van der Waals surface area contributed by atoms with Gasteiger partial charge in [-0.15, -0.1) is 10.0 Å². The van der Waals surface area contributed by atoms with Crippen LogP contribution < -0.4 is 0 Å². The van der Waals surface area contributed by atoms with Crippen LogP contribution in [-0.4, -0.2) is 19.1 Å². The first-order valence-electron chi connectivity index (χ1n) is 23.3. The number of hydrogen-bond acceptors (Lipinski definition) is 2. The molecule has 0 atom stereocenters. The van der Waals surface area contributed by atoms with Crippen molar-refractivity contribution in [2.45, 2.75) is 19.6 Å². The van der Waals surface area contributed by atoms with Crippen LogP contribution in [0.15, 0.2) is 280 Å². The molecule has 6 heteroatoms. The molecule has 0 unspecified atom stereocenters. The van der Waals surface area contributed by atoms with Gasteiger partial charge in [0.1, 0.15) is 10.9 Å². The van der Waals surface area contributed by atoms with Crippen LogP contribution in [-0.2, 0) is 0 Å². The van der Waals surface area contributed by atoms with Crippen molar-refractivity contribution in [3.63, 3.8) is 0 Å². The van der Waals surface area contributed by atoms with Gasteiger partial charge in [-0.3, -0.25) is 0 Å². The lowest BCUT2D eigenvalue weighted by Crippen LogP contribution is -2.07. The van der Waals surface area contributed by atoms with Gasteiger partial charge < -0.3 is 9.13 Å². The fraction of sp³-hybridized carbons (Fsp3) is 0. The number of rotatable bonds is 9. The van der Waals surface area contributed by atoms with Crippen molar-refractivity contribution < 1.29 is 0 Å². The normalized spacial score (nSPS) is 12.1. The number of aromatic nitrogens is 4. The second-order valence-corrected chi connectivity index (χ2v) is 21.4. The van der Waals surface area contributed by atoms with E-state index in [4.69, 9.17) is 9.97 Å². The molecule has 3 aromatic heterocycles. The van der Waals surface area contributed by atoms with Crippen LogP contribution in [0.4, 0.5) is 0 Å². The molecule has 4 nitrogen and oxygen atoms in total. The van der Waals surface area contributed by atoms with Crippen molar-refractivity contribution in [2.75, 3.05) is 0 Å². The zero-order valence-electron chi connectivity index (χ0n) is 37.5. The van der Waals surface area contributed by atoms with Gasteiger partial charge in [0.2, 0.25) is 0 Å². The third-order valence-corrected chi connectivity index (χ3v) is 18.3. The Kier molecular flexibility index (Phi) is 10.1. The van der Waals surface area contributed by atoms with Crippen molar-refractivity contribution in [1.82, 2.24) is 19.1 Å². The van der Waals surface area contributed by atoms with Crippen molar-refractivity contribution in [2.24, 2.45) is 0 Å². The summed E-state index contributed by atoms with van der Waals surface area (Å²) in [5.74, 6) is 0.705. The smallest absolute Gasteiger partial charge is 0.161 e. The fourth-order valence-corrected chi connectivity index (χ4v) is 15.2. The Bertz CT molecular complexity index is 3830. The SMILES string of the molecule is c1ccc(-c2nc(-c3ccccc3)pc(-c3cc(-n4c5ccccc5c5cc6c7ccccc7n(-c7ccccc7)c6cc54)cc(S(c4ccccc4)(c4ccccc4)c4ccccc4)c3)n2)cc1. The van der Waals surface area contributed by atoms with E-state index >= 15 is 0 Å². The Labute approximate surface area is 403 Å². The largest absolute Gasteiger partial charge is 0.309 e. The van der Waals surface area contributed by atoms with Gasteiger partial charge in [0.15, 0.2) is 5.82 Å². The van der Waals surface area contributed by atoms with Crippen LogP contribution in [0.25, 0.3) is 88.4 Å². The second kappa shape index (κ2) is 17.1. The molecule has 0 bridgehead atoms. The number of nitrogens with zero attached hydrogens (tertiary/aromatic N) is 4. The van der Waals surface area contributed by atoms with Gasteiger partial charge in [0, 0.05) is 69.2 Å². The van der Waals surface area contributed by atoms with Crippen LogP contribution in [0.1, 0.15) is 0 Å². The Morgan fingerprint density at radius 1 is 0.290 bits per heavy atom. The maximum absolute atomic E-state index is 5.53. The van der Waals surface area contributed by atoms with Gasteiger partial charge in [-0.25, -0.2) is 9.97 Å². The molecule has 326 valence electrons. The quantitative estimate of drug-likeness (QED) is 0.145. The molecule has 0 aliphatic heterocycles. The highest BCUT2D eigenvalue weighted by molar-refractivity contribution is 8.34. The maximum Gasteiger partial charge on any atom is 0.161 e. The molecule has 13 aromatic rings. The van der Waals surface area contributed by atoms with Crippen molar-refractivity contribution in [3.05, 3.63) is 261 Å². The summed E-state index contributed by atoms with van der Waals surface area (Å²) in [5.41, 5.74) is 11.8. The zero-order chi connectivity index (χ0) is 45.7. The van der Waals surface area contributed by atoms with Crippen LogP contribution in [0.5, 0.6) is 0 Å². The standard InChI is InChI=1S/C63H43N4PS/c1-7-23-44(24-8-1)61-64-62(45-25-9-2-10-26-45)68-63(65-61)46-39-48(41-52(40-46)69(49-29-13-4-14-30-49,50-31-15-5-16-32-50)51-33-17-6-18-34-51)67-58-38-22-20-36-54(58)56-42-55-53-35-19-21-37-57(53)66(59(55)43-60(56)67)47-27-11-3-12-28-47/h1-43H. The molecule has 0 fully saturated rings. The molecular weight excluding hydrogens is 876 g/mol. The van der Waals surface area contributed by atoms with Crippen LogP contribution >= 0.6 is 18.2 Å². The Balaban J connectivity index is 1.18. The number of para-hydroxylation sites is 3. The van der Waals surface area contributed by atoms with Gasteiger partial charge in [-0.2, -0.15) is 0 Å². The molecule has 0 aliphatic rings. The first kappa shape index (κ1) is 40.9. The van der Waals surface area contributed by atoms with Gasteiger partial charge in [-0.1, -0.05) is 170 Å². The predicted octanol–water partition coefficient (Wildman–Crippen LogP) is 17.6. The molecule has 0 aliphatic carbocycles. The van der Waals surface area contributed by atoms with E-state index in [1.54, 1.807) is 0 Å². The summed E-state index contributed by atoms with van der Waals surface area (Å²) in [4.78, 5) is 15.8. The highest BCUT2D eigenvalue weighted by Gasteiger charge is 2.34. The molecule has 0 amide bonds. The van der Waals surface area contributed by atoms with E-state index in [1.807, 2.05) is 6.07 Å². The lowest BCUT2D eigenvalue weighted by atomic mass is 10.1. The van der Waals surface area contributed by atoms with Gasteiger partial charge in [0.25, 0.3) is 0 Å². The Morgan fingerprint density at radius 3 is 1.23 bits per heavy atom. The molecule has 0 saturated heterocycles.